The number of amides is 2. The van der Waals surface area contributed by atoms with Gasteiger partial charge in [0.15, 0.2) is 0 Å². The highest BCUT2D eigenvalue weighted by molar-refractivity contribution is 5.96. The maximum Gasteiger partial charge on any atom is 0.251 e. The maximum atomic E-state index is 12.9. The summed E-state index contributed by atoms with van der Waals surface area (Å²) in [5.41, 5.74) is 2.33. The van der Waals surface area contributed by atoms with Crippen LogP contribution in [0.2, 0.25) is 0 Å². The summed E-state index contributed by atoms with van der Waals surface area (Å²) in [6, 6.07) is 6.58. The van der Waals surface area contributed by atoms with Crippen LogP contribution in [0, 0.1) is 6.92 Å². The average Bonchev–Trinajstić information content (AvgIpc) is 2.64. The Hall–Kier alpha value is -2.90. The Morgan fingerprint density at radius 1 is 1.21 bits per heavy atom. The predicted octanol–water partition coefficient (Wildman–Crippen LogP) is 3.65. The number of carbonyl (C=O) groups is 2. The molecule has 2 N–H and O–H groups in total. The van der Waals surface area contributed by atoms with E-state index in [4.69, 9.17) is 0 Å². The molecule has 2 heterocycles. The van der Waals surface area contributed by atoms with Crippen molar-refractivity contribution in [2.45, 2.75) is 52.5 Å². The lowest BCUT2D eigenvalue weighted by Crippen LogP contribution is -2.23. The van der Waals surface area contributed by atoms with E-state index in [9.17, 15) is 18.4 Å². The number of nitrogens with zero attached hydrogens (tertiary/aromatic N) is 2. The van der Waals surface area contributed by atoms with Crippen LogP contribution in [0.3, 0.4) is 0 Å². The molecular formula is C20H24F2N4O2. The molecule has 0 aromatic carbocycles. The van der Waals surface area contributed by atoms with E-state index in [0.29, 0.717) is 29.2 Å². The highest BCUT2D eigenvalue weighted by atomic mass is 19.3. The van der Waals surface area contributed by atoms with Gasteiger partial charge in [-0.3, -0.25) is 14.6 Å². The van der Waals surface area contributed by atoms with Crippen LogP contribution in [0.1, 0.15) is 54.0 Å². The van der Waals surface area contributed by atoms with Crippen LogP contribution < -0.4 is 10.6 Å². The van der Waals surface area contributed by atoms with Crippen molar-refractivity contribution in [3.63, 3.8) is 0 Å². The van der Waals surface area contributed by atoms with Crippen LogP contribution in [-0.4, -0.2) is 27.7 Å². The van der Waals surface area contributed by atoms with E-state index in [1.54, 1.807) is 38.2 Å². The second-order valence-electron chi connectivity index (χ2n) is 6.69. The molecule has 0 atom stereocenters. The molecule has 0 saturated heterocycles. The molecule has 8 heteroatoms. The van der Waals surface area contributed by atoms with Gasteiger partial charge in [-0.2, -0.15) is 0 Å². The van der Waals surface area contributed by atoms with E-state index in [2.05, 4.69) is 20.6 Å². The van der Waals surface area contributed by atoms with Gasteiger partial charge < -0.3 is 10.6 Å². The number of halogens is 2. The SMILES string of the molecule is CCC(=O)Nc1cc(C(=O)NCc2ccc(CCC(C)(F)F)nc2)cc(C)n1. The van der Waals surface area contributed by atoms with E-state index in [1.807, 2.05) is 0 Å². The third-order valence-electron chi connectivity index (χ3n) is 3.96. The summed E-state index contributed by atoms with van der Waals surface area (Å²) >= 11 is 0. The van der Waals surface area contributed by atoms with Gasteiger partial charge in [0, 0.05) is 42.5 Å². The van der Waals surface area contributed by atoms with Gasteiger partial charge in [0.25, 0.3) is 5.91 Å². The molecule has 0 fully saturated rings. The van der Waals surface area contributed by atoms with Gasteiger partial charge in [-0.05, 0) is 44.0 Å². The molecule has 0 unspecified atom stereocenters. The fourth-order valence-corrected chi connectivity index (χ4v) is 2.43. The first-order valence-electron chi connectivity index (χ1n) is 9.04. The number of rotatable bonds is 8. The van der Waals surface area contributed by atoms with Crippen molar-refractivity contribution in [1.82, 2.24) is 15.3 Å². The normalized spacial score (nSPS) is 11.2. The zero-order valence-electron chi connectivity index (χ0n) is 16.2. The highest BCUT2D eigenvalue weighted by Crippen LogP contribution is 2.19. The minimum absolute atomic E-state index is 0.184. The molecule has 2 rings (SSSR count). The van der Waals surface area contributed by atoms with E-state index < -0.39 is 5.92 Å². The second-order valence-corrected chi connectivity index (χ2v) is 6.69. The van der Waals surface area contributed by atoms with E-state index in [1.165, 1.54) is 6.07 Å². The Kier molecular flexibility index (Phi) is 7.14. The summed E-state index contributed by atoms with van der Waals surface area (Å²) in [5, 5.41) is 5.41. The number of hydrogen-bond acceptors (Lipinski definition) is 4. The fraction of sp³-hybridized carbons (Fsp3) is 0.400. The number of aryl methyl sites for hydroxylation is 2. The fourth-order valence-electron chi connectivity index (χ4n) is 2.43. The average molecular weight is 390 g/mol. The van der Waals surface area contributed by atoms with E-state index in [0.717, 1.165) is 12.5 Å². The Balaban J connectivity index is 1.95. The smallest absolute Gasteiger partial charge is 0.251 e. The molecule has 2 aromatic rings. The molecule has 150 valence electrons. The monoisotopic (exact) mass is 390 g/mol. The third kappa shape index (κ3) is 7.02. The van der Waals surface area contributed by atoms with Crippen molar-refractivity contribution in [3.8, 4) is 0 Å². The summed E-state index contributed by atoms with van der Waals surface area (Å²) in [5.74, 6) is -2.88. The first-order valence-corrected chi connectivity index (χ1v) is 9.04. The third-order valence-corrected chi connectivity index (χ3v) is 3.96. The molecule has 0 radical (unpaired) electrons. The van der Waals surface area contributed by atoms with Crippen LogP contribution in [-0.2, 0) is 17.8 Å². The first kappa shape index (κ1) is 21.4. The van der Waals surface area contributed by atoms with E-state index >= 15 is 0 Å². The summed E-state index contributed by atoms with van der Waals surface area (Å²) in [4.78, 5) is 32.3. The Morgan fingerprint density at radius 3 is 2.57 bits per heavy atom. The zero-order valence-corrected chi connectivity index (χ0v) is 16.2. The Morgan fingerprint density at radius 2 is 1.96 bits per heavy atom. The van der Waals surface area contributed by atoms with Crippen LogP contribution >= 0.6 is 0 Å². The quantitative estimate of drug-likeness (QED) is 0.721. The van der Waals surface area contributed by atoms with Gasteiger partial charge in [-0.25, -0.2) is 13.8 Å². The van der Waals surface area contributed by atoms with Gasteiger partial charge in [-0.15, -0.1) is 0 Å². The molecule has 0 aliphatic heterocycles. The summed E-state index contributed by atoms with van der Waals surface area (Å²) in [6.45, 7) is 4.59. The number of alkyl halides is 2. The molecule has 28 heavy (non-hydrogen) atoms. The number of pyridine rings is 2. The lowest BCUT2D eigenvalue weighted by molar-refractivity contribution is -0.115. The molecule has 2 aromatic heterocycles. The molecule has 2 amide bonds. The molecule has 0 aliphatic carbocycles. The predicted molar refractivity (Wildman–Crippen MR) is 102 cm³/mol. The lowest BCUT2D eigenvalue weighted by atomic mass is 10.1. The summed E-state index contributed by atoms with van der Waals surface area (Å²) in [7, 11) is 0. The standard InChI is InChI=1S/C20H24F2N4O2/c1-4-18(27)26-17-10-15(9-13(2)25-17)19(28)24-12-14-5-6-16(23-11-14)7-8-20(3,21)22/h5-6,9-11H,4,7-8,12H2,1-3H3,(H,24,28)(H,25,26,27). The molecule has 6 nitrogen and oxygen atoms in total. The number of aromatic nitrogens is 2. The number of hydrogen-bond donors (Lipinski definition) is 2. The lowest BCUT2D eigenvalue weighted by Gasteiger charge is -2.10. The van der Waals surface area contributed by atoms with Crippen LogP contribution in [0.25, 0.3) is 0 Å². The van der Waals surface area contributed by atoms with Crippen LogP contribution in [0.4, 0.5) is 14.6 Å². The van der Waals surface area contributed by atoms with Gasteiger partial charge in [-0.1, -0.05) is 13.0 Å². The molecule has 0 spiro atoms. The van der Waals surface area contributed by atoms with Gasteiger partial charge in [0.2, 0.25) is 11.8 Å². The van der Waals surface area contributed by atoms with Crippen LogP contribution in [0.5, 0.6) is 0 Å². The summed E-state index contributed by atoms with van der Waals surface area (Å²) < 4.78 is 25.8. The van der Waals surface area contributed by atoms with E-state index in [-0.39, 0.29) is 31.2 Å². The van der Waals surface area contributed by atoms with Crippen molar-refractivity contribution < 1.29 is 18.4 Å². The number of anilines is 1. The van der Waals surface area contributed by atoms with Gasteiger partial charge >= 0.3 is 0 Å². The minimum atomic E-state index is -2.72. The second kappa shape index (κ2) is 9.34. The van der Waals surface area contributed by atoms with Crippen molar-refractivity contribution in [2.24, 2.45) is 0 Å². The molecule has 0 aliphatic rings. The van der Waals surface area contributed by atoms with Gasteiger partial charge in [0.05, 0.1) is 0 Å². The number of carbonyl (C=O) groups excluding carboxylic acids is 2. The topological polar surface area (TPSA) is 84.0 Å². The molecular weight excluding hydrogens is 366 g/mol. The first-order chi connectivity index (χ1) is 13.2. The summed E-state index contributed by atoms with van der Waals surface area (Å²) in [6.07, 6.45) is 1.82. The van der Waals surface area contributed by atoms with Gasteiger partial charge in [0.1, 0.15) is 5.82 Å². The largest absolute Gasteiger partial charge is 0.348 e. The Labute approximate surface area is 162 Å². The number of nitrogens with one attached hydrogen (secondary N) is 2. The minimum Gasteiger partial charge on any atom is -0.348 e. The van der Waals surface area contributed by atoms with Crippen molar-refractivity contribution in [1.29, 1.82) is 0 Å². The molecule has 0 saturated carbocycles. The Bertz CT molecular complexity index is 833. The van der Waals surface area contributed by atoms with Crippen LogP contribution in [0.15, 0.2) is 30.5 Å². The van der Waals surface area contributed by atoms with Crippen molar-refractivity contribution in [2.75, 3.05) is 5.32 Å². The highest BCUT2D eigenvalue weighted by Gasteiger charge is 2.20. The molecule has 0 bridgehead atoms. The zero-order chi connectivity index (χ0) is 20.7. The van der Waals surface area contributed by atoms with Crippen molar-refractivity contribution in [3.05, 3.63) is 53.0 Å². The van der Waals surface area contributed by atoms with Crippen molar-refractivity contribution >= 4 is 17.6 Å². The maximum absolute atomic E-state index is 12.9.